The number of aromatic nitrogens is 1. The molecule has 12 N–H and O–H groups in total. The number of phenols is 1. The Kier molecular flexibility index (Phi) is 26.1. The highest BCUT2D eigenvalue weighted by molar-refractivity contribution is 6.04. The largest absolute Gasteiger partial charge is 0.508 e. The van der Waals surface area contributed by atoms with E-state index in [9.17, 15) is 55.7 Å². The van der Waals surface area contributed by atoms with Crippen molar-refractivity contribution < 1.29 is 80.3 Å². The first-order valence-electron chi connectivity index (χ1n) is 22.0. The molecule has 0 bridgehead atoms. The number of aryl methyl sites for hydroxylation is 1. The Bertz CT molecular complexity index is 2040. The number of aromatic hydroxyl groups is 1. The van der Waals surface area contributed by atoms with Gasteiger partial charge in [0.05, 0.1) is 12.1 Å². The van der Waals surface area contributed by atoms with Crippen molar-refractivity contribution in [3.63, 3.8) is 0 Å². The number of halogens is 6. The number of H-pyrrole nitrogens is 1. The standard InChI is InChI=1S/C41H62N6O7.2C2HF3O2/c1-5-27(4)35(39(50)45-33(41(52)53)24-26(2)3)47-38(49)32(25-28-17-19-29(48)20-18-28)44-40(51)37-31(14-9-6-7-10-21-42)30-15-13-16-34(36(30)46-37)54-23-12-8-11-22-43;2*3-2(4,5)1(6)7/h13,15-20,26-27,32-33,35,46,48H,5-12,14,21-25,42-43H2,1-4H3,(H,44,51)(H,45,50)(H,47,49)(H,52,53);2*(H,6,7)/t27-,32-,33-,35-;;/m0../s1. The van der Waals surface area contributed by atoms with Crippen LogP contribution in [-0.4, -0.2) is 111 Å². The molecule has 0 unspecified atom stereocenters. The molecule has 0 fully saturated rings. The second-order valence-electron chi connectivity index (χ2n) is 16.2. The number of nitrogens with one attached hydrogen (secondary N) is 4. The van der Waals surface area contributed by atoms with Gasteiger partial charge in [-0.25, -0.2) is 14.4 Å². The molecule has 0 saturated carbocycles. The van der Waals surface area contributed by atoms with Gasteiger partial charge in [0.25, 0.3) is 5.91 Å². The lowest BCUT2D eigenvalue weighted by molar-refractivity contribution is -0.193. The van der Waals surface area contributed by atoms with Crippen LogP contribution < -0.4 is 32.2 Å². The SMILES string of the molecule is CC[C@H](C)[C@H](NC(=O)[C@H](Cc1ccc(O)cc1)NC(=O)c1[nH]c2c(OCCCCCN)cccc2c1CCCCCCN)C(=O)N[C@@H](CC(C)C)C(=O)O.O=C(O)C(F)(F)F.O=C(O)C(F)(F)F. The van der Waals surface area contributed by atoms with Crippen LogP contribution in [0.5, 0.6) is 11.5 Å². The lowest BCUT2D eigenvalue weighted by Crippen LogP contribution is -2.58. The molecule has 0 spiro atoms. The van der Waals surface area contributed by atoms with Crippen LogP contribution in [-0.2, 0) is 36.8 Å². The molecule has 0 saturated heterocycles. The first kappa shape index (κ1) is 59.9. The number of unbranched alkanes of at least 4 members (excludes halogenated alkanes) is 5. The number of hydrogen-bond acceptors (Lipinski definition) is 10. The zero-order valence-corrected chi connectivity index (χ0v) is 38.4. The van der Waals surface area contributed by atoms with Crippen LogP contribution in [0, 0.1) is 11.8 Å². The number of aromatic amines is 1. The van der Waals surface area contributed by atoms with E-state index >= 15 is 0 Å². The lowest BCUT2D eigenvalue weighted by atomic mass is 9.96. The van der Waals surface area contributed by atoms with E-state index in [1.54, 1.807) is 19.1 Å². The third kappa shape index (κ3) is 21.7. The quantitative estimate of drug-likeness (QED) is 0.0335. The number of nitrogens with two attached hydrogens (primary N) is 2. The van der Waals surface area contributed by atoms with Gasteiger partial charge in [-0.3, -0.25) is 14.4 Å². The van der Waals surface area contributed by atoms with Crippen LogP contribution >= 0.6 is 0 Å². The van der Waals surface area contributed by atoms with Crippen LogP contribution in [0.4, 0.5) is 26.3 Å². The van der Waals surface area contributed by atoms with E-state index in [0.717, 1.165) is 55.9 Å². The summed E-state index contributed by atoms with van der Waals surface area (Å²) >= 11 is 0. The summed E-state index contributed by atoms with van der Waals surface area (Å²) in [5, 5.41) is 43.2. The van der Waals surface area contributed by atoms with Crippen molar-refractivity contribution in [1.82, 2.24) is 20.9 Å². The molecule has 4 atom stereocenters. The third-order valence-electron chi connectivity index (χ3n) is 10.2. The maximum atomic E-state index is 14.3. The van der Waals surface area contributed by atoms with Gasteiger partial charge in [-0.2, -0.15) is 26.3 Å². The van der Waals surface area contributed by atoms with Crippen LogP contribution in [0.2, 0.25) is 0 Å². The highest BCUT2D eigenvalue weighted by atomic mass is 19.4. The number of carbonyl (C=O) groups excluding carboxylic acids is 3. The fourth-order valence-corrected chi connectivity index (χ4v) is 6.44. The third-order valence-corrected chi connectivity index (χ3v) is 10.2. The van der Waals surface area contributed by atoms with E-state index in [-0.39, 0.29) is 30.4 Å². The number of carboxylic acids is 3. The molecule has 68 heavy (non-hydrogen) atoms. The average molecular weight is 979 g/mol. The minimum absolute atomic E-state index is 0.0115. The first-order chi connectivity index (χ1) is 31.8. The maximum absolute atomic E-state index is 14.3. The predicted octanol–water partition coefficient (Wildman–Crippen LogP) is 6.20. The van der Waals surface area contributed by atoms with Gasteiger partial charge in [0.1, 0.15) is 35.3 Å². The van der Waals surface area contributed by atoms with Crippen molar-refractivity contribution in [3.05, 3.63) is 59.3 Å². The molecule has 17 nitrogen and oxygen atoms in total. The number of fused-ring (bicyclic) bond motifs is 1. The summed E-state index contributed by atoms with van der Waals surface area (Å²) in [6.45, 7) is 9.16. The van der Waals surface area contributed by atoms with Gasteiger partial charge < -0.3 is 57.6 Å². The van der Waals surface area contributed by atoms with Gasteiger partial charge in [-0.15, -0.1) is 0 Å². The second kappa shape index (κ2) is 29.6. The zero-order chi connectivity index (χ0) is 51.8. The average Bonchev–Trinajstić information content (AvgIpc) is 3.64. The summed E-state index contributed by atoms with van der Waals surface area (Å²) in [7, 11) is 0. The lowest BCUT2D eigenvalue weighted by Gasteiger charge is -2.28. The van der Waals surface area contributed by atoms with Gasteiger partial charge in [0.15, 0.2) is 0 Å². The Morgan fingerprint density at radius 3 is 1.76 bits per heavy atom. The minimum atomic E-state index is -5.08. The van der Waals surface area contributed by atoms with Crippen molar-refractivity contribution >= 4 is 46.5 Å². The molecule has 2 aromatic carbocycles. The number of amides is 3. The van der Waals surface area contributed by atoms with Crippen molar-refractivity contribution in [1.29, 1.82) is 0 Å². The number of carbonyl (C=O) groups is 6. The first-order valence-corrected chi connectivity index (χ1v) is 22.0. The van der Waals surface area contributed by atoms with E-state index in [1.165, 1.54) is 12.1 Å². The Morgan fingerprint density at radius 1 is 0.721 bits per heavy atom. The molecule has 0 radical (unpaired) electrons. The summed E-state index contributed by atoms with van der Waals surface area (Å²) < 4.78 is 69.6. The summed E-state index contributed by atoms with van der Waals surface area (Å²) in [5.41, 5.74) is 13.9. The summed E-state index contributed by atoms with van der Waals surface area (Å²) in [4.78, 5) is 75.2. The molecular formula is C45H64F6N6O11. The number of hydrogen-bond donors (Lipinski definition) is 10. The van der Waals surface area contributed by atoms with Crippen molar-refractivity contribution in [2.45, 2.75) is 129 Å². The van der Waals surface area contributed by atoms with Gasteiger partial charge in [-0.05, 0) is 99.2 Å². The number of ether oxygens (including phenoxy) is 1. The van der Waals surface area contributed by atoms with Crippen LogP contribution in [0.25, 0.3) is 10.9 Å². The summed E-state index contributed by atoms with van der Waals surface area (Å²) in [6, 6.07) is 8.75. The summed E-state index contributed by atoms with van der Waals surface area (Å²) in [5.74, 6) is -8.03. The Labute approximate surface area is 389 Å². The fourth-order valence-electron chi connectivity index (χ4n) is 6.44. The van der Waals surface area contributed by atoms with Crippen molar-refractivity contribution in [2.24, 2.45) is 23.3 Å². The number of para-hydroxylation sites is 1. The number of phenolic OH excluding ortho intramolecular Hbond substituents is 1. The van der Waals surface area contributed by atoms with E-state index < -0.39 is 66.1 Å². The highest BCUT2D eigenvalue weighted by Gasteiger charge is 2.39. The number of alkyl halides is 6. The van der Waals surface area contributed by atoms with Gasteiger partial charge in [-0.1, -0.05) is 71.2 Å². The van der Waals surface area contributed by atoms with Crippen LogP contribution in [0.3, 0.4) is 0 Å². The van der Waals surface area contributed by atoms with Gasteiger partial charge in [0.2, 0.25) is 11.8 Å². The van der Waals surface area contributed by atoms with E-state index in [4.69, 9.17) is 36.0 Å². The second-order valence-corrected chi connectivity index (χ2v) is 16.2. The molecule has 3 amide bonds. The molecular weight excluding hydrogens is 915 g/mol. The molecule has 23 heteroatoms. The topological polar surface area (TPSA) is 296 Å². The molecule has 1 aromatic heterocycles. The fraction of sp³-hybridized carbons (Fsp3) is 0.556. The monoisotopic (exact) mass is 978 g/mol. The maximum Gasteiger partial charge on any atom is 0.490 e. The van der Waals surface area contributed by atoms with Crippen molar-refractivity contribution in [3.8, 4) is 11.5 Å². The highest BCUT2D eigenvalue weighted by Crippen LogP contribution is 2.32. The van der Waals surface area contributed by atoms with Gasteiger partial charge >= 0.3 is 30.3 Å². The van der Waals surface area contributed by atoms with E-state index in [2.05, 4.69) is 20.9 Å². The van der Waals surface area contributed by atoms with E-state index in [0.29, 0.717) is 55.1 Å². The molecule has 3 rings (SSSR count). The number of rotatable bonds is 25. The number of carboxylic acid groups (broad SMARTS) is 3. The van der Waals surface area contributed by atoms with Crippen LogP contribution in [0.15, 0.2) is 42.5 Å². The van der Waals surface area contributed by atoms with Crippen LogP contribution in [0.1, 0.15) is 107 Å². The predicted molar refractivity (Wildman–Crippen MR) is 239 cm³/mol. The molecule has 382 valence electrons. The van der Waals surface area contributed by atoms with E-state index in [1.807, 2.05) is 39.0 Å². The Hall–Kier alpha value is -6.10. The summed E-state index contributed by atoms with van der Waals surface area (Å²) in [6.07, 6.45) is -2.39. The normalized spacial score (nSPS) is 13.1. The minimum Gasteiger partial charge on any atom is -0.508 e. The molecule has 0 aliphatic carbocycles. The molecule has 0 aliphatic heterocycles. The molecule has 1 heterocycles. The Morgan fingerprint density at radius 2 is 1.26 bits per heavy atom. The smallest absolute Gasteiger partial charge is 0.490 e. The molecule has 3 aromatic rings. The van der Waals surface area contributed by atoms with Gasteiger partial charge in [0, 0.05) is 11.8 Å². The number of aliphatic carboxylic acids is 3. The Balaban J connectivity index is 0.00000143. The zero-order valence-electron chi connectivity index (χ0n) is 38.4. The van der Waals surface area contributed by atoms with Crippen molar-refractivity contribution in [2.75, 3.05) is 19.7 Å². The number of benzene rings is 2. The molecule has 0 aliphatic rings.